The molecule has 10 heteroatoms. The van der Waals surface area contributed by atoms with E-state index in [4.69, 9.17) is 9.40 Å². The van der Waals surface area contributed by atoms with Gasteiger partial charge < -0.3 is 18.4 Å². The van der Waals surface area contributed by atoms with Gasteiger partial charge in [-0.05, 0) is 68.8 Å². The molecule has 2 aliphatic rings. The number of thioether (sulfide) groups is 1. The van der Waals surface area contributed by atoms with Gasteiger partial charge in [0.1, 0.15) is 0 Å². The molecule has 1 aromatic carbocycles. The lowest BCUT2D eigenvalue weighted by atomic mass is 9.93. The predicted octanol–water partition coefficient (Wildman–Crippen LogP) is 4.40. The molecule has 1 amide bonds. The highest BCUT2D eigenvalue weighted by atomic mass is 32.2. The molecule has 1 unspecified atom stereocenters. The molecule has 2 saturated heterocycles. The van der Waals surface area contributed by atoms with E-state index in [-0.39, 0.29) is 12.0 Å². The first-order valence-electron chi connectivity index (χ1n) is 12.3. The van der Waals surface area contributed by atoms with Crippen molar-refractivity contribution in [1.29, 1.82) is 0 Å². The van der Waals surface area contributed by atoms with Crippen LogP contribution in [0.4, 0.5) is 0 Å². The molecular weight excluding hydrogens is 484 g/mol. The number of furan rings is 1. The number of amides is 1. The molecule has 188 valence electrons. The Kier molecular flexibility index (Phi) is 7.62. The van der Waals surface area contributed by atoms with Crippen molar-refractivity contribution in [2.24, 2.45) is 5.92 Å². The molecule has 1 N–H and O–H groups in total. The average Bonchev–Trinajstić information content (AvgIpc) is 3.51. The number of rotatable bonds is 7. The summed E-state index contributed by atoms with van der Waals surface area (Å²) < 4.78 is 28.4. The van der Waals surface area contributed by atoms with Crippen LogP contribution in [0.15, 0.2) is 51.3 Å². The van der Waals surface area contributed by atoms with Crippen LogP contribution in [0, 0.1) is 5.92 Å². The normalized spacial score (nSPS) is 19.4. The van der Waals surface area contributed by atoms with E-state index in [1.165, 1.54) is 5.56 Å². The lowest BCUT2D eigenvalue weighted by molar-refractivity contribution is -0.138. The number of nitrogens with zero attached hydrogens (tertiary/aromatic N) is 4. The van der Waals surface area contributed by atoms with E-state index in [0.29, 0.717) is 10.8 Å². The van der Waals surface area contributed by atoms with Crippen LogP contribution in [0.25, 0.3) is 11.0 Å². The van der Waals surface area contributed by atoms with E-state index in [1.807, 2.05) is 12.1 Å². The Balaban J connectivity index is 1.21. The van der Waals surface area contributed by atoms with Crippen LogP contribution in [0.2, 0.25) is 0 Å². The summed E-state index contributed by atoms with van der Waals surface area (Å²) in [5, 5.41) is 0.943. The Morgan fingerprint density at radius 3 is 2.60 bits per heavy atom. The Morgan fingerprint density at radius 1 is 1.17 bits per heavy atom. The van der Waals surface area contributed by atoms with E-state index in [9.17, 15) is 13.6 Å². The Bertz CT molecular complexity index is 1180. The first-order chi connectivity index (χ1) is 17.0. The van der Waals surface area contributed by atoms with Crippen LogP contribution in [0.1, 0.15) is 44.2 Å². The van der Waals surface area contributed by atoms with Gasteiger partial charge >= 0.3 is 0 Å². The third kappa shape index (κ3) is 5.35. The number of carbonyl (C=O) groups is 1. The summed E-state index contributed by atoms with van der Waals surface area (Å²) in [6.45, 7) is 6.38. The van der Waals surface area contributed by atoms with Crippen molar-refractivity contribution >= 4 is 39.8 Å². The Morgan fingerprint density at radius 2 is 1.94 bits per heavy atom. The minimum atomic E-state index is -2.02. The number of likely N-dealkylation sites (tertiary alicyclic amines) is 2. The van der Waals surface area contributed by atoms with Gasteiger partial charge in [-0.2, -0.15) is 0 Å². The number of benzene rings is 1. The molecule has 2 fully saturated rings. The SMILES string of the molecule is CCSc1nc2cc(S(=O)O)ccc2n1C1CCN(C(=O)C2CCN(Cc3ccoc3)CC2)CC1. The van der Waals surface area contributed by atoms with Gasteiger partial charge in [-0.25, -0.2) is 9.19 Å². The van der Waals surface area contributed by atoms with E-state index in [2.05, 4.69) is 21.3 Å². The minimum absolute atomic E-state index is 0.116. The van der Waals surface area contributed by atoms with Gasteiger partial charge in [0.15, 0.2) is 16.2 Å². The van der Waals surface area contributed by atoms with Crippen LogP contribution in [-0.2, 0) is 22.4 Å². The number of aromatic nitrogens is 2. The molecule has 1 atom stereocenters. The molecule has 0 bridgehead atoms. The Labute approximate surface area is 212 Å². The molecule has 2 aromatic heterocycles. The number of imidazole rings is 1. The monoisotopic (exact) mass is 516 g/mol. The topological polar surface area (TPSA) is 91.8 Å². The molecule has 35 heavy (non-hydrogen) atoms. The van der Waals surface area contributed by atoms with Crippen molar-refractivity contribution in [1.82, 2.24) is 19.4 Å². The van der Waals surface area contributed by atoms with Crippen LogP contribution in [0.3, 0.4) is 0 Å². The fourth-order valence-corrected chi connectivity index (χ4v) is 6.53. The highest BCUT2D eigenvalue weighted by molar-refractivity contribution is 7.99. The number of hydrogen-bond acceptors (Lipinski definition) is 6. The number of carbonyl (C=O) groups excluding carboxylic acids is 1. The zero-order valence-corrected chi connectivity index (χ0v) is 21.6. The highest BCUT2D eigenvalue weighted by Gasteiger charge is 2.32. The zero-order valence-electron chi connectivity index (χ0n) is 20.0. The van der Waals surface area contributed by atoms with E-state index in [1.54, 1.807) is 36.4 Å². The van der Waals surface area contributed by atoms with Crippen molar-refractivity contribution in [2.45, 2.75) is 55.2 Å². The molecule has 5 rings (SSSR count). The lowest BCUT2D eigenvalue weighted by Gasteiger charge is -2.38. The zero-order chi connectivity index (χ0) is 24.4. The molecular formula is C25H32N4O4S2. The summed E-state index contributed by atoms with van der Waals surface area (Å²) in [5.41, 5.74) is 2.93. The van der Waals surface area contributed by atoms with Crippen LogP contribution >= 0.6 is 11.8 Å². The van der Waals surface area contributed by atoms with Crippen LogP contribution < -0.4 is 0 Å². The quantitative estimate of drug-likeness (QED) is 0.368. The molecule has 0 aliphatic carbocycles. The Hall–Kier alpha value is -2.14. The number of fused-ring (bicyclic) bond motifs is 1. The van der Waals surface area contributed by atoms with Gasteiger partial charge in [-0.1, -0.05) is 18.7 Å². The minimum Gasteiger partial charge on any atom is -0.472 e. The summed E-state index contributed by atoms with van der Waals surface area (Å²) in [6, 6.07) is 7.58. The highest BCUT2D eigenvalue weighted by Crippen LogP contribution is 2.34. The van der Waals surface area contributed by atoms with Crippen molar-refractivity contribution in [3.05, 3.63) is 42.4 Å². The first kappa shape index (κ1) is 24.5. The van der Waals surface area contributed by atoms with Crippen LogP contribution in [0.5, 0.6) is 0 Å². The maximum absolute atomic E-state index is 13.3. The van der Waals surface area contributed by atoms with Crippen LogP contribution in [-0.4, -0.2) is 66.0 Å². The molecule has 8 nitrogen and oxygen atoms in total. The number of piperidine rings is 2. The van der Waals surface area contributed by atoms with Gasteiger partial charge in [0.25, 0.3) is 0 Å². The molecule has 0 spiro atoms. The average molecular weight is 517 g/mol. The van der Waals surface area contributed by atoms with E-state index >= 15 is 0 Å². The molecule has 4 heterocycles. The van der Waals surface area contributed by atoms with Crippen molar-refractivity contribution in [3.63, 3.8) is 0 Å². The second kappa shape index (κ2) is 10.9. The van der Waals surface area contributed by atoms with E-state index < -0.39 is 11.1 Å². The molecule has 2 aliphatic heterocycles. The maximum atomic E-state index is 13.3. The lowest BCUT2D eigenvalue weighted by Crippen LogP contribution is -2.45. The summed E-state index contributed by atoms with van der Waals surface area (Å²) in [6.07, 6.45) is 7.11. The van der Waals surface area contributed by atoms with Crippen molar-refractivity contribution in [2.75, 3.05) is 31.9 Å². The summed E-state index contributed by atoms with van der Waals surface area (Å²) in [4.78, 5) is 22.9. The largest absolute Gasteiger partial charge is 0.472 e. The van der Waals surface area contributed by atoms with Gasteiger partial charge in [0.05, 0.1) is 28.5 Å². The summed E-state index contributed by atoms with van der Waals surface area (Å²) in [5.74, 6) is 1.32. The maximum Gasteiger partial charge on any atom is 0.225 e. The second-order valence-electron chi connectivity index (χ2n) is 9.34. The molecule has 0 saturated carbocycles. The number of hydrogen-bond donors (Lipinski definition) is 1. The standard InChI is InChI=1S/C25H32N4O4S2/c1-2-34-25-26-22-15-21(35(31)32)3-4-23(22)29(25)20-7-12-28(13-8-20)24(30)19-5-10-27(11-6-19)16-18-9-14-33-17-18/h3-4,9,14-15,17,19-20H,2,5-8,10-13,16H2,1H3,(H,31,32). The smallest absolute Gasteiger partial charge is 0.225 e. The second-order valence-corrected chi connectivity index (χ2v) is 11.5. The molecule has 3 aromatic rings. The van der Waals surface area contributed by atoms with Gasteiger partial charge in [-0.3, -0.25) is 9.69 Å². The van der Waals surface area contributed by atoms with Gasteiger partial charge in [-0.15, -0.1) is 0 Å². The van der Waals surface area contributed by atoms with Crippen molar-refractivity contribution in [3.8, 4) is 0 Å². The third-order valence-electron chi connectivity index (χ3n) is 7.17. The summed E-state index contributed by atoms with van der Waals surface area (Å²) in [7, 11) is 0. The third-order valence-corrected chi connectivity index (χ3v) is 8.66. The summed E-state index contributed by atoms with van der Waals surface area (Å²) >= 11 is -0.333. The van der Waals surface area contributed by atoms with E-state index in [0.717, 1.165) is 80.3 Å². The predicted molar refractivity (Wildman–Crippen MR) is 137 cm³/mol. The van der Waals surface area contributed by atoms with Gasteiger partial charge in [0, 0.05) is 37.2 Å². The van der Waals surface area contributed by atoms with Crippen molar-refractivity contribution < 1.29 is 18.0 Å². The first-order valence-corrected chi connectivity index (χ1v) is 14.4. The molecule has 0 radical (unpaired) electrons. The fourth-order valence-electron chi connectivity index (χ4n) is 5.33. The van der Waals surface area contributed by atoms with Gasteiger partial charge in [0.2, 0.25) is 5.91 Å². The fraction of sp³-hybridized carbons (Fsp3) is 0.520.